The molecule has 0 aromatic heterocycles. The molecule has 0 heterocycles. The van der Waals surface area contributed by atoms with E-state index in [2.05, 4.69) is 32.5 Å². The minimum atomic E-state index is -4.26. The Labute approximate surface area is 163 Å². The van der Waals surface area contributed by atoms with Gasteiger partial charge in [-0.15, -0.1) is 24.0 Å². The van der Waals surface area contributed by atoms with Crippen LogP contribution in [0.2, 0.25) is 0 Å². The molecule has 0 unspecified atom stereocenters. The van der Waals surface area contributed by atoms with Crippen LogP contribution in [0.15, 0.2) is 35.3 Å². The maximum absolute atomic E-state index is 11.9. The number of benzene rings is 1. The number of nitrogens with one attached hydrogen (secondary N) is 2. The molecule has 1 fully saturated rings. The largest absolute Gasteiger partial charge is 0.411 e. The minimum absolute atomic E-state index is 0. The Kier molecular flexibility index (Phi) is 8.98. The van der Waals surface area contributed by atoms with Gasteiger partial charge in [-0.2, -0.15) is 13.2 Å². The summed E-state index contributed by atoms with van der Waals surface area (Å²) in [6.07, 6.45) is -1.49. The molecule has 0 atom stereocenters. The van der Waals surface area contributed by atoms with Crippen LogP contribution in [0.25, 0.3) is 0 Å². The fraction of sp³-hybridized carbons (Fsp3) is 0.588. The van der Waals surface area contributed by atoms with E-state index in [4.69, 9.17) is 0 Å². The molecule has 4 nitrogen and oxygen atoms in total. The lowest BCUT2D eigenvalue weighted by Crippen LogP contribution is -2.41. The van der Waals surface area contributed by atoms with Crippen molar-refractivity contribution in [2.45, 2.75) is 30.9 Å². The first-order valence-electron chi connectivity index (χ1n) is 8.10. The van der Waals surface area contributed by atoms with Crippen molar-refractivity contribution < 1.29 is 17.9 Å². The Morgan fingerprint density at radius 3 is 2.44 bits per heavy atom. The van der Waals surface area contributed by atoms with Gasteiger partial charge in [0.05, 0.1) is 0 Å². The number of hydrogen-bond donors (Lipinski definition) is 2. The number of aliphatic imine (C=N–C) groups is 1. The zero-order valence-corrected chi connectivity index (χ0v) is 16.6. The van der Waals surface area contributed by atoms with Gasteiger partial charge in [-0.05, 0) is 24.8 Å². The van der Waals surface area contributed by atoms with Crippen LogP contribution in [0.1, 0.15) is 24.8 Å². The molecular formula is C17H25F3IN3O. The first-order valence-corrected chi connectivity index (χ1v) is 8.10. The first-order chi connectivity index (χ1) is 11.5. The van der Waals surface area contributed by atoms with Crippen molar-refractivity contribution in [3.05, 3.63) is 35.9 Å². The molecule has 2 rings (SSSR count). The molecule has 1 aliphatic carbocycles. The van der Waals surface area contributed by atoms with Crippen LogP contribution in [0.4, 0.5) is 13.2 Å². The predicted octanol–water partition coefficient (Wildman–Crippen LogP) is 3.47. The van der Waals surface area contributed by atoms with E-state index in [0.717, 1.165) is 19.4 Å². The molecule has 0 saturated heterocycles. The number of nitrogens with zero attached hydrogens (tertiary/aromatic N) is 1. The van der Waals surface area contributed by atoms with Crippen LogP contribution >= 0.6 is 24.0 Å². The lowest BCUT2D eigenvalue weighted by atomic mass is 9.96. The molecule has 1 aliphatic rings. The highest BCUT2D eigenvalue weighted by atomic mass is 127. The van der Waals surface area contributed by atoms with Crippen molar-refractivity contribution in [1.29, 1.82) is 0 Å². The van der Waals surface area contributed by atoms with E-state index in [1.165, 1.54) is 5.56 Å². The van der Waals surface area contributed by atoms with Gasteiger partial charge in [0.1, 0.15) is 6.61 Å². The van der Waals surface area contributed by atoms with E-state index >= 15 is 0 Å². The maximum atomic E-state index is 11.9. The predicted molar refractivity (Wildman–Crippen MR) is 104 cm³/mol. The summed E-state index contributed by atoms with van der Waals surface area (Å²) >= 11 is 0. The summed E-state index contributed by atoms with van der Waals surface area (Å²) in [5.74, 6) is 0.660. The van der Waals surface area contributed by atoms with E-state index < -0.39 is 12.8 Å². The third kappa shape index (κ3) is 7.81. The summed E-state index contributed by atoms with van der Waals surface area (Å²) in [4.78, 5) is 4.14. The summed E-state index contributed by atoms with van der Waals surface area (Å²) in [5, 5.41) is 6.40. The van der Waals surface area contributed by atoms with Crippen LogP contribution in [0.3, 0.4) is 0 Å². The molecule has 142 valence electrons. The van der Waals surface area contributed by atoms with Crippen LogP contribution in [0, 0.1) is 0 Å². The molecule has 0 aliphatic heterocycles. The summed E-state index contributed by atoms with van der Waals surface area (Å²) in [7, 11) is 1.68. The van der Waals surface area contributed by atoms with E-state index in [9.17, 15) is 13.2 Å². The number of guanidine groups is 1. The molecule has 1 aromatic rings. The zero-order chi connectivity index (χ0) is 17.5. The smallest absolute Gasteiger partial charge is 0.372 e. The van der Waals surface area contributed by atoms with Gasteiger partial charge in [-0.1, -0.05) is 30.3 Å². The normalized spacial score (nSPS) is 16.1. The van der Waals surface area contributed by atoms with E-state index in [1.807, 2.05) is 18.2 Å². The highest BCUT2D eigenvalue weighted by Crippen LogP contribution is 2.47. The lowest BCUT2D eigenvalue weighted by molar-refractivity contribution is -0.173. The van der Waals surface area contributed by atoms with Gasteiger partial charge in [0, 0.05) is 32.2 Å². The van der Waals surface area contributed by atoms with Gasteiger partial charge >= 0.3 is 6.18 Å². The van der Waals surface area contributed by atoms with Crippen molar-refractivity contribution >= 4 is 29.9 Å². The third-order valence-corrected chi connectivity index (χ3v) is 4.08. The minimum Gasteiger partial charge on any atom is -0.372 e. The van der Waals surface area contributed by atoms with Gasteiger partial charge in [0.15, 0.2) is 5.96 Å². The fourth-order valence-corrected chi connectivity index (χ4v) is 2.55. The third-order valence-electron chi connectivity index (χ3n) is 4.08. The SMILES string of the molecule is CN=C(NCCCOCC(F)(F)F)NCC1(c2ccccc2)CC1.I. The second-order valence-corrected chi connectivity index (χ2v) is 6.02. The Morgan fingerprint density at radius 2 is 1.88 bits per heavy atom. The van der Waals surface area contributed by atoms with Gasteiger partial charge in [0.2, 0.25) is 0 Å². The summed E-state index contributed by atoms with van der Waals surface area (Å²) in [6, 6.07) is 10.4. The van der Waals surface area contributed by atoms with Gasteiger partial charge in [-0.25, -0.2) is 0 Å². The topological polar surface area (TPSA) is 45.7 Å². The maximum Gasteiger partial charge on any atom is 0.411 e. The monoisotopic (exact) mass is 471 g/mol. The van der Waals surface area contributed by atoms with Crippen LogP contribution in [0.5, 0.6) is 0 Å². The number of rotatable bonds is 8. The highest BCUT2D eigenvalue weighted by molar-refractivity contribution is 14.0. The van der Waals surface area contributed by atoms with Gasteiger partial charge in [0.25, 0.3) is 0 Å². The Hall–Kier alpha value is -1.03. The standard InChI is InChI=1S/C17H24F3N3O.HI/c1-21-15(22-10-5-11-24-13-17(18,19)20)23-12-16(8-9-16)14-6-3-2-4-7-14;/h2-4,6-7H,5,8-13H2,1H3,(H2,21,22,23);1H. The summed E-state index contributed by atoms with van der Waals surface area (Å²) in [6.45, 7) is 0.175. The van der Waals surface area contributed by atoms with Crippen molar-refractivity contribution in [3.63, 3.8) is 0 Å². The zero-order valence-electron chi connectivity index (χ0n) is 14.2. The highest BCUT2D eigenvalue weighted by Gasteiger charge is 2.43. The second kappa shape index (κ2) is 10.2. The van der Waals surface area contributed by atoms with Crippen LogP contribution < -0.4 is 10.6 Å². The molecule has 25 heavy (non-hydrogen) atoms. The average Bonchev–Trinajstić information content (AvgIpc) is 3.34. The molecular weight excluding hydrogens is 446 g/mol. The summed E-state index contributed by atoms with van der Waals surface area (Å²) < 4.78 is 40.4. The molecule has 1 aromatic carbocycles. The van der Waals surface area contributed by atoms with Crippen molar-refractivity contribution in [2.75, 3.05) is 33.4 Å². The van der Waals surface area contributed by atoms with Crippen LogP contribution in [-0.2, 0) is 10.2 Å². The molecule has 0 bridgehead atoms. The number of alkyl halides is 3. The Morgan fingerprint density at radius 1 is 1.20 bits per heavy atom. The molecule has 0 spiro atoms. The van der Waals surface area contributed by atoms with Gasteiger partial charge in [-0.3, -0.25) is 4.99 Å². The average molecular weight is 471 g/mol. The number of ether oxygens (including phenoxy) is 1. The molecule has 1 saturated carbocycles. The second-order valence-electron chi connectivity index (χ2n) is 6.02. The van der Waals surface area contributed by atoms with Gasteiger partial charge < -0.3 is 15.4 Å². The quantitative estimate of drug-likeness (QED) is 0.264. The van der Waals surface area contributed by atoms with E-state index in [-0.39, 0.29) is 36.0 Å². The van der Waals surface area contributed by atoms with Crippen molar-refractivity contribution in [2.24, 2.45) is 4.99 Å². The number of halogens is 4. The Balaban J connectivity index is 0.00000312. The van der Waals surface area contributed by atoms with E-state index in [0.29, 0.717) is 18.9 Å². The molecule has 8 heteroatoms. The number of hydrogen-bond acceptors (Lipinski definition) is 2. The molecule has 0 amide bonds. The van der Waals surface area contributed by atoms with Crippen molar-refractivity contribution in [1.82, 2.24) is 10.6 Å². The summed E-state index contributed by atoms with van der Waals surface area (Å²) in [5.41, 5.74) is 1.50. The Bertz CT molecular complexity index is 534. The van der Waals surface area contributed by atoms with Crippen LogP contribution in [-0.4, -0.2) is 45.5 Å². The van der Waals surface area contributed by atoms with Crippen molar-refractivity contribution in [3.8, 4) is 0 Å². The molecule has 0 radical (unpaired) electrons. The van der Waals surface area contributed by atoms with E-state index in [1.54, 1.807) is 7.05 Å². The first kappa shape index (κ1) is 22.0. The molecule has 2 N–H and O–H groups in total. The fourth-order valence-electron chi connectivity index (χ4n) is 2.55. The lowest BCUT2D eigenvalue weighted by Gasteiger charge is -2.19.